The van der Waals surface area contributed by atoms with Gasteiger partial charge in [0.2, 0.25) is 11.9 Å². The molecule has 0 aliphatic heterocycles. The molecule has 8 heteroatoms. The van der Waals surface area contributed by atoms with Gasteiger partial charge in [0.1, 0.15) is 6.54 Å². The van der Waals surface area contributed by atoms with Gasteiger partial charge in [-0.3, -0.25) is 10.1 Å². The third-order valence-corrected chi connectivity index (χ3v) is 1.60. The summed E-state index contributed by atoms with van der Waals surface area (Å²) in [5.74, 6) is 0.390. The molecule has 0 bridgehead atoms. The molecule has 1 amide bonds. The van der Waals surface area contributed by atoms with Crippen molar-refractivity contribution in [1.29, 1.82) is 0 Å². The number of aromatic amines is 1. The minimum Gasteiger partial charge on any atom is -0.381 e. The van der Waals surface area contributed by atoms with E-state index in [-0.39, 0.29) is 18.3 Å². The largest absolute Gasteiger partial charge is 0.381 e. The second-order valence-corrected chi connectivity index (χ2v) is 2.79. The minimum atomic E-state index is -0.277. The fraction of sp³-hybridized carbons (Fsp3) is 0.143. The van der Waals surface area contributed by atoms with E-state index in [0.717, 1.165) is 0 Å². The van der Waals surface area contributed by atoms with Gasteiger partial charge >= 0.3 is 0 Å². The Hall–Kier alpha value is -2.38. The molecule has 0 aromatic carbocycles. The number of nitrogens with zero attached hydrogens (tertiary/aromatic N) is 4. The predicted molar refractivity (Wildman–Crippen MR) is 51.7 cm³/mol. The molecular weight excluding hydrogens is 198 g/mol. The summed E-state index contributed by atoms with van der Waals surface area (Å²) in [6.07, 6.45) is 4.53. The highest BCUT2D eigenvalue weighted by molar-refractivity contribution is 5.88. The quantitative estimate of drug-likeness (QED) is 0.610. The lowest BCUT2D eigenvalue weighted by molar-refractivity contribution is -0.117. The first kappa shape index (κ1) is 9.19. The molecule has 0 unspecified atom stereocenters. The monoisotopic (exact) mass is 207 g/mol. The summed E-state index contributed by atoms with van der Waals surface area (Å²) in [7, 11) is 0. The van der Waals surface area contributed by atoms with Crippen LogP contribution in [0.1, 0.15) is 0 Å². The third kappa shape index (κ3) is 2.30. The SMILES string of the molecule is Nc1cnn(CC(=O)Nc2ncc[nH]2)n1. The highest BCUT2D eigenvalue weighted by Gasteiger charge is 2.06. The van der Waals surface area contributed by atoms with Crippen LogP contribution in [-0.2, 0) is 11.3 Å². The Balaban J connectivity index is 1.93. The summed E-state index contributed by atoms with van der Waals surface area (Å²) < 4.78 is 0. The van der Waals surface area contributed by atoms with Crippen LogP contribution in [0.2, 0.25) is 0 Å². The highest BCUT2D eigenvalue weighted by atomic mass is 16.2. The molecule has 0 fully saturated rings. The molecule has 0 atom stereocenters. The van der Waals surface area contributed by atoms with Crippen LogP contribution in [0.25, 0.3) is 0 Å². The second-order valence-electron chi connectivity index (χ2n) is 2.79. The van der Waals surface area contributed by atoms with Crippen LogP contribution in [0.3, 0.4) is 0 Å². The standard InChI is InChI=1S/C7H9N7O/c8-5-3-11-14(13-5)4-6(15)12-7-9-1-2-10-7/h1-3H,4H2,(H2,8,13)(H2,9,10,12,15). The van der Waals surface area contributed by atoms with Crippen molar-refractivity contribution in [3.05, 3.63) is 18.6 Å². The molecule has 2 aromatic rings. The first-order valence-corrected chi connectivity index (χ1v) is 4.19. The molecule has 15 heavy (non-hydrogen) atoms. The number of aromatic nitrogens is 5. The number of hydrogen-bond donors (Lipinski definition) is 3. The van der Waals surface area contributed by atoms with Gasteiger partial charge in [-0.15, -0.1) is 5.10 Å². The lowest BCUT2D eigenvalue weighted by atomic mass is 10.6. The fourth-order valence-corrected chi connectivity index (χ4v) is 1.02. The van der Waals surface area contributed by atoms with Gasteiger partial charge in [-0.05, 0) is 0 Å². The van der Waals surface area contributed by atoms with Crippen LogP contribution in [0, 0.1) is 0 Å². The molecule has 2 aromatic heterocycles. The second kappa shape index (κ2) is 3.78. The zero-order valence-electron chi connectivity index (χ0n) is 7.71. The van der Waals surface area contributed by atoms with Crippen LogP contribution in [0.15, 0.2) is 18.6 Å². The zero-order chi connectivity index (χ0) is 10.7. The molecule has 0 saturated carbocycles. The number of nitrogens with two attached hydrogens (primary N) is 1. The molecule has 2 rings (SSSR count). The number of anilines is 2. The molecule has 0 aliphatic carbocycles. The van der Waals surface area contributed by atoms with Crippen molar-refractivity contribution >= 4 is 17.7 Å². The number of rotatable bonds is 3. The van der Waals surface area contributed by atoms with E-state index in [9.17, 15) is 4.79 Å². The van der Waals surface area contributed by atoms with E-state index in [1.54, 1.807) is 12.4 Å². The Bertz CT molecular complexity index is 446. The summed E-state index contributed by atoms with van der Waals surface area (Å²) in [5, 5.41) is 10.1. The normalized spacial score (nSPS) is 10.1. The van der Waals surface area contributed by atoms with E-state index < -0.39 is 0 Å². The fourth-order valence-electron chi connectivity index (χ4n) is 1.02. The molecule has 8 nitrogen and oxygen atoms in total. The Morgan fingerprint density at radius 3 is 3.13 bits per heavy atom. The van der Waals surface area contributed by atoms with Gasteiger partial charge in [0, 0.05) is 12.4 Å². The van der Waals surface area contributed by atoms with Crippen LogP contribution in [0.4, 0.5) is 11.8 Å². The van der Waals surface area contributed by atoms with Crippen molar-refractivity contribution in [1.82, 2.24) is 25.0 Å². The van der Waals surface area contributed by atoms with Crippen LogP contribution < -0.4 is 11.1 Å². The summed E-state index contributed by atoms with van der Waals surface area (Å²) >= 11 is 0. The molecule has 2 heterocycles. The molecular formula is C7H9N7O. The average molecular weight is 207 g/mol. The molecule has 78 valence electrons. The van der Waals surface area contributed by atoms with Crippen LogP contribution >= 0.6 is 0 Å². The molecule has 4 N–H and O–H groups in total. The van der Waals surface area contributed by atoms with Gasteiger partial charge in [0.05, 0.1) is 6.20 Å². The zero-order valence-corrected chi connectivity index (χ0v) is 7.71. The maximum Gasteiger partial charge on any atom is 0.250 e. The van der Waals surface area contributed by atoms with Gasteiger partial charge in [-0.2, -0.15) is 9.90 Å². The van der Waals surface area contributed by atoms with Crippen LogP contribution in [0.5, 0.6) is 0 Å². The summed E-state index contributed by atoms with van der Waals surface area (Å²) in [5.41, 5.74) is 5.35. The van der Waals surface area contributed by atoms with E-state index in [4.69, 9.17) is 5.73 Å². The van der Waals surface area contributed by atoms with Gasteiger partial charge in [-0.1, -0.05) is 0 Å². The summed E-state index contributed by atoms with van der Waals surface area (Å²) in [6, 6.07) is 0. The number of hydrogen-bond acceptors (Lipinski definition) is 5. The van der Waals surface area contributed by atoms with Gasteiger partial charge in [0.25, 0.3) is 0 Å². The van der Waals surface area contributed by atoms with Crippen molar-refractivity contribution in [2.45, 2.75) is 6.54 Å². The molecule has 0 spiro atoms. The minimum absolute atomic E-state index is 0.00208. The average Bonchev–Trinajstić information content (AvgIpc) is 2.77. The van der Waals surface area contributed by atoms with E-state index in [0.29, 0.717) is 5.95 Å². The number of imidazole rings is 1. The smallest absolute Gasteiger partial charge is 0.250 e. The van der Waals surface area contributed by atoms with Gasteiger partial charge in [-0.25, -0.2) is 4.98 Å². The van der Waals surface area contributed by atoms with Crippen molar-refractivity contribution < 1.29 is 4.79 Å². The first-order valence-electron chi connectivity index (χ1n) is 4.19. The highest BCUT2D eigenvalue weighted by Crippen LogP contribution is 1.96. The molecule has 0 saturated heterocycles. The lowest BCUT2D eigenvalue weighted by Crippen LogP contribution is -2.21. The number of nitrogen functional groups attached to an aromatic ring is 1. The Morgan fingerprint density at radius 1 is 1.67 bits per heavy atom. The number of carbonyl (C=O) groups excluding carboxylic acids is 1. The van der Waals surface area contributed by atoms with Gasteiger partial charge < -0.3 is 10.7 Å². The van der Waals surface area contributed by atoms with Crippen molar-refractivity contribution in [2.75, 3.05) is 11.1 Å². The summed E-state index contributed by atoms with van der Waals surface area (Å²) in [4.78, 5) is 19.2. The third-order valence-electron chi connectivity index (χ3n) is 1.60. The maximum absolute atomic E-state index is 11.4. The predicted octanol–water partition coefficient (Wildman–Crippen LogP) is -0.778. The van der Waals surface area contributed by atoms with E-state index in [1.807, 2.05) is 0 Å². The maximum atomic E-state index is 11.4. The van der Waals surface area contributed by atoms with E-state index in [2.05, 4.69) is 25.5 Å². The lowest BCUT2D eigenvalue weighted by Gasteiger charge is -2.00. The Morgan fingerprint density at radius 2 is 2.53 bits per heavy atom. The van der Waals surface area contributed by atoms with Crippen molar-refractivity contribution in [3.63, 3.8) is 0 Å². The van der Waals surface area contributed by atoms with Gasteiger partial charge in [0.15, 0.2) is 5.82 Å². The molecule has 0 radical (unpaired) electrons. The van der Waals surface area contributed by atoms with E-state index in [1.165, 1.54) is 11.0 Å². The Labute approximate surface area is 84.5 Å². The number of H-pyrrole nitrogens is 1. The van der Waals surface area contributed by atoms with Crippen molar-refractivity contribution in [3.8, 4) is 0 Å². The van der Waals surface area contributed by atoms with Crippen molar-refractivity contribution in [2.24, 2.45) is 0 Å². The number of amides is 1. The Kier molecular flexibility index (Phi) is 2.31. The molecule has 0 aliphatic rings. The topological polar surface area (TPSA) is 115 Å². The first-order chi connectivity index (χ1) is 7.24. The van der Waals surface area contributed by atoms with Crippen LogP contribution in [-0.4, -0.2) is 30.9 Å². The summed E-state index contributed by atoms with van der Waals surface area (Å²) in [6.45, 7) is -0.00208. The number of nitrogens with one attached hydrogen (secondary N) is 2. The number of carbonyl (C=O) groups is 1. The van der Waals surface area contributed by atoms with E-state index >= 15 is 0 Å².